The molecule has 0 aromatic rings. The van der Waals surface area contributed by atoms with E-state index in [0.29, 0.717) is 6.42 Å². The molecule has 0 aromatic heterocycles. The van der Waals surface area contributed by atoms with Gasteiger partial charge < -0.3 is 5.32 Å². The molecule has 0 bridgehead atoms. The molecule has 0 rings (SSSR count). The molecule has 0 amide bonds. The minimum absolute atomic E-state index is 0.152. The van der Waals surface area contributed by atoms with Crippen LogP contribution in [-0.4, -0.2) is 25.1 Å². The van der Waals surface area contributed by atoms with Gasteiger partial charge in [0.2, 0.25) is 0 Å². The van der Waals surface area contributed by atoms with E-state index in [1.54, 1.807) is 0 Å². The Morgan fingerprint density at radius 3 is 2.46 bits per heavy atom. The summed E-state index contributed by atoms with van der Waals surface area (Å²) in [7, 11) is 0. The first-order valence-corrected chi connectivity index (χ1v) is 5.30. The summed E-state index contributed by atoms with van der Waals surface area (Å²) in [5.74, 6) is 0. The van der Waals surface area contributed by atoms with Gasteiger partial charge in [-0.3, -0.25) is 4.39 Å². The summed E-state index contributed by atoms with van der Waals surface area (Å²) in [6.07, 6.45) is 1.57. The van der Waals surface area contributed by atoms with Gasteiger partial charge in [-0.2, -0.15) is 0 Å². The first-order chi connectivity index (χ1) is 5.95. The molecule has 80 valence electrons. The van der Waals surface area contributed by atoms with Crippen LogP contribution in [0.5, 0.6) is 0 Å². The molecular weight excluding hydrogens is 189 g/mol. The van der Waals surface area contributed by atoms with E-state index in [2.05, 4.69) is 26.1 Å². The van der Waals surface area contributed by atoms with Crippen molar-refractivity contribution in [1.29, 1.82) is 0 Å². The highest BCUT2D eigenvalue weighted by molar-refractivity contribution is 6.20. The number of nitrogens with one attached hydrogen (secondary N) is 1. The highest BCUT2D eigenvalue weighted by Crippen LogP contribution is 2.22. The third kappa shape index (κ3) is 10.1. The molecule has 0 aromatic carbocycles. The van der Waals surface area contributed by atoms with Crippen LogP contribution in [0, 0.1) is 5.41 Å². The van der Waals surface area contributed by atoms with Gasteiger partial charge in [-0.25, -0.2) is 0 Å². The average molecular weight is 210 g/mol. The minimum Gasteiger partial charge on any atom is -0.315 e. The van der Waals surface area contributed by atoms with Crippen molar-refractivity contribution in [3.05, 3.63) is 0 Å². The van der Waals surface area contributed by atoms with Crippen LogP contribution in [-0.2, 0) is 0 Å². The van der Waals surface area contributed by atoms with Gasteiger partial charge in [0.1, 0.15) is 0 Å². The van der Waals surface area contributed by atoms with Crippen LogP contribution >= 0.6 is 11.6 Å². The minimum atomic E-state index is -0.251. The molecule has 3 heteroatoms. The van der Waals surface area contributed by atoms with Crippen molar-refractivity contribution in [2.45, 2.75) is 39.0 Å². The molecule has 0 saturated heterocycles. The normalized spacial score (nSPS) is 14.5. The first-order valence-electron chi connectivity index (χ1n) is 4.86. The summed E-state index contributed by atoms with van der Waals surface area (Å²) in [6, 6.07) is 0. The quantitative estimate of drug-likeness (QED) is 0.524. The molecule has 1 atom stereocenters. The molecule has 0 saturated carbocycles. The topological polar surface area (TPSA) is 12.0 Å². The van der Waals surface area contributed by atoms with Gasteiger partial charge in [0.15, 0.2) is 0 Å². The van der Waals surface area contributed by atoms with Crippen LogP contribution in [0.3, 0.4) is 0 Å². The van der Waals surface area contributed by atoms with Crippen molar-refractivity contribution < 1.29 is 4.39 Å². The Morgan fingerprint density at radius 2 is 2.00 bits per heavy atom. The summed E-state index contributed by atoms with van der Waals surface area (Å²) in [5, 5.41) is 3.29. The van der Waals surface area contributed by atoms with Crippen LogP contribution in [0.15, 0.2) is 0 Å². The van der Waals surface area contributed by atoms with Crippen LogP contribution in [0.1, 0.15) is 33.6 Å². The highest BCUT2D eigenvalue weighted by Gasteiger charge is 2.15. The molecule has 1 N–H and O–H groups in total. The van der Waals surface area contributed by atoms with Crippen molar-refractivity contribution in [1.82, 2.24) is 5.32 Å². The van der Waals surface area contributed by atoms with Gasteiger partial charge >= 0.3 is 0 Å². The molecule has 1 unspecified atom stereocenters. The summed E-state index contributed by atoms with van der Waals surface area (Å²) >= 11 is 6.09. The van der Waals surface area contributed by atoms with Gasteiger partial charge in [0, 0.05) is 11.9 Å². The molecule has 0 aliphatic rings. The smallest absolute Gasteiger partial charge is 0.0906 e. The second-order valence-electron chi connectivity index (χ2n) is 4.61. The second kappa shape index (κ2) is 6.61. The van der Waals surface area contributed by atoms with Gasteiger partial charge in [0.25, 0.3) is 0 Å². The number of alkyl halides is 2. The Labute approximate surface area is 86.0 Å². The molecule has 0 fully saturated rings. The maximum Gasteiger partial charge on any atom is 0.0906 e. The fourth-order valence-electron chi connectivity index (χ4n) is 1.19. The maximum atomic E-state index is 11.7. The van der Waals surface area contributed by atoms with E-state index in [9.17, 15) is 4.39 Å². The molecular formula is C10H21ClFN. The summed E-state index contributed by atoms with van der Waals surface area (Å²) in [5.41, 5.74) is 0.272. The van der Waals surface area contributed by atoms with E-state index in [4.69, 9.17) is 11.6 Å². The molecule has 0 aliphatic heterocycles. The molecule has 13 heavy (non-hydrogen) atoms. The number of hydrogen-bond donors (Lipinski definition) is 1. The predicted octanol–water partition coefficient (Wildman–Crippen LogP) is 2.98. The predicted molar refractivity (Wildman–Crippen MR) is 57.2 cm³/mol. The molecule has 0 spiro atoms. The second-order valence-corrected chi connectivity index (χ2v) is 5.23. The third-order valence-corrected chi connectivity index (χ3v) is 2.00. The van der Waals surface area contributed by atoms with Gasteiger partial charge in [-0.05, 0) is 24.8 Å². The van der Waals surface area contributed by atoms with Gasteiger partial charge in [0.05, 0.1) is 6.67 Å². The Hall–Kier alpha value is 0.180. The lowest BCUT2D eigenvalue weighted by atomic mass is 9.90. The van der Waals surface area contributed by atoms with Crippen LogP contribution in [0.2, 0.25) is 0 Å². The van der Waals surface area contributed by atoms with Gasteiger partial charge in [-0.1, -0.05) is 20.8 Å². The zero-order valence-corrected chi connectivity index (χ0v) is 9.62. The van der Waals surface area contributed by atoms with Crippen molar-refractivity contribution >= 4 is 11.6 Å². The molecule has 0 radical (unpaired) electrons. The SMILES string of the molecule is CC(C)(C)CC(Cl)CNCCCF. The fraction of sp³-hybridized carbons (Fsp3) is 1.00. The number of rotatable bonds is 6. The van der Waals surface area contributed by atoms with E-state index in [-0.39, 0.29) is 17.5 Å². The zero-order valence-electron chi connectivity index (χ0n) is 8.87. The Balaban J connectivity index is 3.35. The van der Waals surface area contributed by atoms with Crippen molar-refractivity contribution in [3.8, 4) is 0 Å². The molecule has 0 heterocycles. The zero-order chi connectivity index (χ0) is 10.3. The van der Waals surface area contributed by atoms with E-state index in [0.717, 1.165) is 19.5 Å². The summed E-state index contributed by atoms with van der Waals surface area (Å²) in [4.78, 5) is 0. The van der Waals surface area contributed by atoms with Gasteiger partial charge in [-0.15, -0.1) is 11.6 Å². The standard InChI is InChI=1S/C10H21ClFN/c1-10(2,3)7-9(11)8-13-6-4-5-12/h9,13H,4-8H2,1-3H3. The lowest BCUT2D eigenvalue weighted by Crippen LogP contribution is -2.27. The fourth-order valence-corrected chi connectivity index (χ4v) is 1.76. The Kier molecular flexibility index (Phi) is 6.70. The van der Waals surface area contributed by atoms with Crippen LogP contribution in [0.4, 0.5) is 4.39 Å². The van der Waals surface area contributed by atoms with E-state index >= 15 is 0 Å². The highest BCUT2D eigenvalue weighted by atomic mass is 35.5. The number of halogens is 2. The third-order valence-electron chi connectivity index (χ3n) is 1.69. The summed E-state index contributed by atoms with van der Waals surface area (Å²) in [6.45, 7) is 7.76. The Bertz CT molecular complexity index is 123. The Morgan fingerprint density at radius 1 is 1.38 bits per heavy atom. The van der Waals surface area contributed by atoms with Crippen LogP contribution < -0.4 is 5.32 Å². The van der Waals surface area contributed by atoms with Crippen molar-refractivity contribution in [3.63, 3.8) is 0 Å². The van der Waals surface area contributed by atoms with E-state index in [1.165, 1.54) is 0 Å². The lowest BCUT2D eigenvalue weighted by Gasteiger charge is -2.21. The lowest BCUT2D eigenvalue weighted by molar-refractivity contribution is 0.363. The summed E-state index contributed by atoms with van der Waals surface area (Å²) < 4.78 is 11.7. The molecule has 0 aliphatic carbocycles. The maximum absolute atomic E-state index is 11.7. The van der Waals surface area contributed by atoms with E-state index < -0.39 is 0 Å². The average Bonchev–Trinajstić information content (AvgIpc) is 1.94. The largest absolute Gasteiger partial charge is 0.315 e. The first kappa shape index (κ1) is 13.2. The van der Waals surface area contributed by atoms with E-state index in [1.807, 2.05) is 0 Å². The van der Waals surface area contributed by atoms with Crippen molar-refractivity contribution in [2.75, 3.05) is 19.8 Å². The monoisotopic (exact) mass is 209 g/mol. The van der Waals surface area contributed by atoms with Crippen molar-refractivity contribution in [2.24, 2.45) is 5.41 Å². The molecule has 1 nitrogen and oxygen atoms in total. The van der Waals surface area contributed by atoms with Crippen LogP contribution in [0.25, 0.3) is 0 Å². The number of hydrogen-bond acceptors (Lipinski definition) is 1.